The van der Waals surface area contributed by atoms with Crippen LogP contribution in [0.15, 0.2) is 42.9 Å². The molecule has 2 heterocycles. The van der Waals surface area contributed by atoms with E-state index in [2.05, 4.69) is 26.3 Å². The van der Waals surface area contributed by atoms with Crippen LogP contribution in [0.4, 0.5) is 11.5 Å². The van der Waals surface area contributed by atoms with Gasteiger partial charge in [-0.05, 0) is 50.4 Å². The predicted molar refractivity (Wildman–Crippen MR) is 111 cm³/mol. The summed E-state index contributed by atoms with van der Waals surface area (Å²) in [4.78, 5) is 22.2. The van der Waals surface area contributed by atoms with E-state index in [0.29, 0.717) is 13.2 Å². The molecule has 1 aromatic heterocycles. The van der Waals surface area contributed by atoms with Gasteiger partial charge < -0.3 is 15.0 Å². The number of benzene rings is 1. The molecule has 0 amide bonds. The molecule has 0 radical (unpaired) electrons. The number of rotatable bonds is 8. The van der Waals surface area contributed by atoms with Crippen molar-refractivity contribution in [3.8, 4) is 0 Å². The van der Waals surface area contributed by atoms with E-state index in [0.717, 1.165) is 54.4 Å². The van der Waals surface area contributed by atoms with Gasteiger partial charge in [-0.15, -0.1) is 0 Å². The third-order valence-corrected chi connectivity index (χ3v) is 4.79. The fourth-order valence-corrected chi connectivity index (χ4v) is 3.44. The maximum absolute atomic E-state index is 11.3. The topological polar surface area (TPSA) is 67.3 Å². The first-order chi connectivity index (χ1) is 13.7. The van der Waals surface area contributed by atoms with Crippen molar-refractivity contribution in [2.75, 3.05) is 31.1 Å². The molecule has 1 aliphatic heterocycles. The first-order valence-corrected chi connectivity index (χ1v) is 9.95. The summed E-state index contributed by atoms with van der Waals surface area (Å²) in [7, 11) is 0. The molecule has 1 N–H and O–H groups in total. The highest BCUT2D eigenvalue weighted by Gasteiger charge is 2.21. The van der Waals surface area contributed by atoms with Gasteiger partial charge in [0.1, 0.15) is 12.1 Å². The summed E-state index contributed by atoms with van der Waals surface area (Å²) in [6, 6.07) is 6.06. The van der Waals surface area contributed by atoms with Crippen LogP contribution in [0.25, 0.3) is 0 Å². The second-order valence-electron chi connectivity index (χ2n) is 6.51. The van der Waals surface area contributed by atoms with E-state index in [4.69, 9.17) is 16.3 Å². The van der Waals surface area contributed by atoms with Crippen LogP contribution >= 0.6 is 11.6 Å². The number of hydrogen-bond donors (Lipinski definition) is 1. The molecule has 0 unspecified atom stereocenters. The molecule has 0 spiro atoms. The molecule has 0 aliphatic carbocycles. The Morgan fingerprint density at radius 1 is 1.36 bits per heavy atom. The van der Waals surface area contributed by atoms with Crippen LogP contribution in [0, 0.1) is 0 Å². The van der Waals surface area contributed by atoms with E-state index < -0.39 is 0 Å². The van der Waals surface area contributed by atoms with E-state index >= 15 is 0 Å². The number of hydrogen-bond acceptors (Lipinski definition) is 6. The molecule has 0 atom stereocenters. The number of carbonyl (C=O) groups is 1. The predicted octanol–water partition coefficient (Wildman–Crippen LogP) is 3.47. The quantitative estimate of drug-likeness (QED) is 0.416. The van der Waals surface area contributed by atoms with Crippen molar-refractivity contribution in [2.24, 2.45) is 0 Å². The number of nitrogens with one attached hydrogen (secondary N) is 1. The van der Waals surface area contributed by atoms with Crippen LogP contribution in [0.3, 0.4) is 0 Å². The number of anilines is 2. The van der Waals surface area contributed by atoms with E-state index in [1.54, 1.807) is 19.3 Å². The number of ether oxygens (including phenoxy) is 1. The number of nitrogens with zero attached hydrogens (tertiary/aromatic N) is 3. The second kappa shape index (κ2) is 10.2. The van der Waals surface area contributed by atoms with E-state index in [1.165, 1.54) is 11.6 Å². The number of halogens is 1. The average Bonchev–Trinajstić information content (AvgIpc) is 2.84. The maximum Gasteiger partial charge on any atom is 0.330 e. The fourth-order valence-electron chi connectivity index (χ4n) is 3.27. The minimum atomic E-state index is -0.307. The van der Waals surface area contributed by atoms with Crippen LogP contribution < -0.4 is 10.2 Å². The maximum atomic E-state index is 11.3. The Morgan fingerprint density at radius 2 is 2.21 bits per heavy atom. The van der Waals surface area contributed by atoms with Gasteiger partial charge in [0.15, 0.2) is 0 Å². The molecule has 1 aromatic carbocycles. The van der Waals surface area contributed by atoms with Crippen LogP contribution in [-0.4, -0.2) is 42.2 Å². The smallest absolute Gasteiger partial charge is 0.330 e. The lowest BCUT2D eigenvalue weighted by Crippen LogP contribution is -2.25. The molecule has 0 saturated carbocycles. The van der Waals surface area contributed by atoms with Crippen molar-refractivity contribution >= 4 is 29.1 Å². The van der Waals surface area contributed by atoms with Crippen molar-refractivity contribution in [3.63, 3.8) is 0 Å². The Hall–Kier alpha value is -2.44. The Morgan fingerprint density at radius 3 is 3.07 bits per heavy atom. The Balaban J connectivity index is 1.62. The Bertz CT molecular complexity index is 841. The number of fused-ring (bicyclic) bond motifs is 2. The molecule has 148 valence electrons. The summed E-state index contributed by atoms with van der Waals surface area (Å²) in [6.07, 6.45) is 9.51. The van der Waals surface area contributed by atoms with Gasteiger partial charge in [0.25, 0.3) is 0 Å². The molecule has 28 heavy (non-hydrogen) atoms. The fraction of sp³-hybridized carbons (Fsp3) is 0.381. The summed E-state index contributed by atoms with van der Waals surface area (Å²) in [5.74, 6) is 0.650. The number of carbonyl (C=O) groups excluding carboxylic acids is 1. The van der Waals surface area contributed by atoms with Crippen LogP contribution in [0.1, 0.15) is 24.5 Å². The summed E-state index contributed by atoms with van der Waals surface area (Å²) in [5, 5.41) is 4.04. The van der Waals surface area contributed by atoms with Crippen molar-refractivity contribution in [1.82, 2.24) is 15.3 Å². The number of aromatic nitrogens is 2. The zero-order valence-corrected chi connectivity index (χ0v) is 16.8. The minimum absolute atomic E-state index is 0.307. The lowest BCUT2D eigenvalue weighted by atomic mass is 10.1. The van der Waals surface area contributed by atoms with Gasteiger partial charge in [-0.1, -0.05) is 23.7 Å². The largest absolute Gasteiger partial charge is 0.463 e. The molecular formula is C21H25ClN4O2. The molecule has 6 nitrogen and oxygen atoms in total. The van der Waals surface area contributed by atoms with Gasteiger partial charge in [-0.25, -0.2) is 14.8 Å². The Kier molecular flexibility index (Phi) is 7.39. The van der Waals surface area contributed by atoms with E-state index in [1.807, 2.05) is 18.3 Å². The van der Waals surface area contributed by atoms with E-state index in [9.17, 15) is 4.79 Å². The van der Waals surface area contributed by atoms with Gasteiger partial charge in [-0.2, -0.15) is 0 Å². The molecule has 0 fully saturated rings. The summed E-state index contributed by atoms with van der Waals surface area (Å²) in [5.41, 5.74) is 3.54. The van der Waals surface area contributed by atoms with Gasteiger partial charge in [0, 0.05) is 41.6 Å². The molecule has 3 rings (SSSR count). The van der Waals surface area contributed by atoms with Crippen molar-refractivity contribution in [3.05, 3.63) is 59.0 Å². The van der Waals surface area contributed by atoms with Crippen molar-refractivity contribution < 1.29 is 9.53 Å². The zero-order valence-electron chi connectivity index (χ0n) is 16.0. The number of aryl methyl sites for hydroxylation is 2. The Labute approximate surface area is 170 Å². The molecule has 1 aliphatic rings. The van der Waals surface area contributed by atoms with Crippen LogP contribution in [-0.2, 0) is 22.4 Å². The minimum Gasteiger partial charge on any atom is -0.463 e. The summed E-state index contributed by atoms with van der Waals surface area (Å²) >= 11 is 6.27. The highest BCUT2D eigenvalue weighted by Crippen LogP contribution is 2.35. The van der Waals surface area contributed by atoms with Gasteiger partial charge in [0.2, 0.25) is 0 Å². The molecule has 7 heteroatoms. The monoisotopic (exact) mass is 400 g/mol. The van der Waals surface area contributed by atoms with Gasteiger partial charge in [0.05, 0.1) is 6.61 Å². The first-order valence-electron chi connectivity index (χ1n) is 9.58. The molecule has 0 saturated heterocycles. The highest BCUT2D eigenvalue weighted by molar-refractivity contribution is 6.30. The second-order valence-corrected chi connectivity index (χ2v) is 6.94. The summed E-state index contributed by atoms with van der Waals surface area (Å²) in [6.45, 7) is 4.44. The normalized spacial score (nSPS) is 13.1. The lowest BCUT2D eigenvalue weighted by Gasteiger charge is -2.25. The van der Waals surface area contributed by atoms with Crippen LogP contribution in [0.2, 0.25) is 5.02 Å². The van der Waals surface area contributed by atoms with Crippen LogP contribution in [0.5, 0.6) is 0 Å². The standard InChI is InChI=1S/C21H25ClN4O2/c1-2-28-20(27)5-3-10-23-11-4-12-26-19-13-18(22)9-8-16(19)6-7-17-14-24-15-25-21(17)26/h3,5,8-9,13-15,23H,2,4,6-7,10-12H2,1H3/b5-3+. The van der Waals surface area contributed by atoms with E-state index in [-0.39, 0.29) is 5.97 Å². The third kappa shape index (κ3) is 5.30. The van der Waals surface area contributed by atoms with Gasteiger partial charge in [-0.3, -0.25) is 0 Å². The van der Waals surface area contributed by atoms with Crippen molar-refractivity contribution in [1.29, 1.82) is 0 Å². The van der Waals surface area contributed by atoms with Gasteiger partial charge >= 0.3 is 5.97 Å². The molecule has 0 bridgehead atoms. The highest BCUT2D eigenvalue weighted by atomic mass is 35.5. The summed E-state index contributed by atoms with van der Waals surface area (Å²) < 4.78 is 4.85. The lowest BCUT2D eigenvalue weighted by molar-refractivity contribution is -0.137. The molecular weight excluding hydrogens is 376 g/mol. The SMILES string of the molecule is CCOC(=O)/C=C/CNCCCN1c2cc(Cl)ccc2CCc2cncnc21. The number of esters is 1. The third-order valence-electron chi connectivity index (χ3n) is 4.56. The molecule has 2 aromatic rings. The average molecular weight is 401 g/mol. The first kappa shape index (κ1) is 20.3. The van der Waals surface area contributed by atoms with Crippen molar-refractivity contribution in [2.45, 2.75) is 26.2 Å². The zero-order chi connectivity index (χ0) is 19.8.